The van der Waals surface area contributed by atoms with Gasteiger partial charge in [0, 0.05) is 11.7 Å². The van der Waals surface area contributed by atoms with Gasteiger partial charge in [-0.2, -0.15) is 0 Å². The summed E-state index contributed by atoms with van der Waals surface area (Å²) in [6.45, 7) is 7.62. The fourth-order valence-corrected chi connectivity index (χ4v) is 2.48. The minimum absolute atomic E-state index is 0.0695. The number of nitrogens with two attached hydrogens (primary N) is 1. The Morgan fingerprint density at radius 1 is 1.36 bits per heavy atom. The standard InChI is InChI=1S/C14H20N6OS/c1-9(12(21)17-14(2,3)4)22-13-19-18-11(20(13)15)10-7-5-6-8-16-10/h5-9H,15H2,1-4H3,(H,17,21). The highest BCUT2D eigenvalue weighted by Gasteiger charge is 2.23. The monoisotopic (exact) mass is 320 g/mol. The van der Waals surface area contributed by atoms with Crippen molar-refractivity contribution in [3.63, 3.8) is 0 Å². The van der Waals surface area contributed by atoms with Gasteiger partial charge in [-0.25, -0.2) is 4.68 Å². The Bertz CT molecular complexity index is 649. The quantitative estimate of drug-likeness (QED) is 0.653. The van der Waals surface area contributed by atoms with Crippen molar-refractivity contribution < 1.29 is 4.79 Å². The first-order valence-electron chi connectivity index (χ1n) is 6.88. The molecule has 3 N–H and O–H groups in total. The van der Waals surface area contributed by atoms with Gasteiger partial charge in [0.05, 0.1) is 5.25 Å². The van der Waals surface area contributed by atoms with Gasteiger partial charge < -0.3 is 11.2 Å². The Kier molecular flexibility index (Phi) is 4.70. The number of amides is 1. The van der Waals surface area contributed by atoms with Gasteiger partial charge in [-0.3, -0.25) is 9.78 Å². The van der Waals surface area contributed by atoms with E-state index < -0.39 is 0 Å². The molecule has 2 aromatic heterocycles. The Morgan fingerprint density at radius 3 is 2.68 bits per heavy atom. The van der Waals surface area contributed by atoms with E-state index in [-0.39, 0.29) is 16.7 Å². The first kappa shape index (κ1) is 16.3. The van der Waals surface area contributed by atoms with Crippen LogP contribution in [0, 0.1) is 0 Å². The molecule has 118 valence electrons. The van der Waals surface area contributed by atoms with Gasteiger partial charge in [0.15, 0.2) is 0 Å². The van der Waals surface area contributed by atoms with Crippen LogP contribution in [0.15, 0.2) is 29.6 Å². The predicted octanol–water partition coefficient (Wildman–Crippen LogP) is 1.45. The van der Waals surface area contributed by atoms with Crippen LogP contribution < -0.4 is 11.2 Å². The molecule has 0 aromatic carbocycles. The third-order valence-electron chi connectivity index (χ3n) is 2.71. The fourth-order valence-electron chi connectivity index (χ4n) is 1.71. The Labute approximate surface area is 133 Å². The molecule has 1 atom stereocenters. The van der Waals surface area contributed by atoms with E-state index in [1.807, 2.05) is 32.9 Å². The Morgan fingerprint density at radius 2 is 2.09 bits per heavy atom. The smallest absolute Gasteiger partial charge is 0.233 e. The van der Waals surface area contributed by atoms with Crippen molar-refractivity contribution >= 4 is 17.7 Å². The zero-order valence-electron chi connectivity index (χ0n) is 13.1. The Hall–Kier alpha value is -2.09. The van der Waals surface area contributed by atoms with Crippen LogP contribution in [0.2, 0.25) is 0 Å². The number of nitrogens with one attached hydrogen (secondary N) is 1. The van der Waals surface area contributed by atoms with Crippen LogP contribution in [0.4, 0.5) is 0 Å². The number of carbonyl (C=O) groups excluding carboxylic acids is 1. The SMILES string of the molecule is CC(Sc1nnc(-c2ccccn2)n1N)C(=O)NC(C)(C)C. The zero-order valence-corrected chi connectivity index (χ0v) is 13.9. The molecule has 22 heavy (non-hydrogen) atoms. The molecule has 2 rings (SSSR count). The predicted molar refractivity (Wildman–Crippen MR) is 86.6 cm³/mol. The topological polar surface area (TPSA) is 98.7 Å². The van der Waals surface area contributed by atoms with Crippen LogP contribution in [-0.4, -0.2) is 36.6 Å². The molecule has 0 fully saturated rings. The van der Waals surface area contributed by atoms with Crippen molar-refractivity contribution in [2.45, 2.75) is 43.6 Å². The first-order valence-corrected chi connectivity index (χ1v) is 7.76. The lowest BCUT2D eigenvalue weighted by atomic mass is 10.1. The summed E-state index contributed by atoms with van der Waals surface area (Å²) in [6.07, 6.45) is 1.66. The molecule has 2 heterocycles. The van der Waals surface area contributed by atoms with E-state index in [2.05, 4.69) is 20.5 Å². The molecule has 0 aliphatic carbocycles. The molecular weight excluding hydrogens is 300 g/mol. The summed E-state index contributed by atoms with van der Waals surface area (Å²) in [6, 6.07) is 5.47. The maximum atomic E-state index is 12.1. The molecule has 1 unspecified atom stereocenters. The summed E-state index contributed by atoms with van der Waals surface area (Å²) < 4.78 is 1.36. The molecule has 0 aliphatic heterocycles. The maximum Gasteiger partial charge on any atom is 0.233 e. The number of thioether (sulfide) groups is 1. The van der Waals surface area contributed by atoms with E-state index in [1.54, 1.807) is 19.2 Å². The van der Waals surface area contributed by atoms with E-state index in [9.17, 15) is 4.79 Å². The number of pyridine rings is 1. The molecule has 0 spiro atoms. The number of hydrogen-bond acceptors (Lipinski definition) is 6. The number of nitrogens with zero attached hydrogens (tertiary/aromatic N) is 4. The van der Waals surface area contributed by atoms with Gasteiger partial charge in [0.1, 0.15) is 5.69 Å². The van der Waals surface area contributed by atoms with Crippen molar-refractivity contribution in [3.05, 3.63) is 24.4 Å². The van der Waals surface area contributed by atoms with Crippen molar-refractivity contribution in [3.8, 4) is 11.5 Å². The first-order chi connectivity index (χ1) is 10.3. The third kappa shape index (κ3) is 3.97. The number of rotatable bonds is 4. The molecular formula is C14H20N6OS. The third-order valence-corrected chi connectivity index (χ3v) is 3.76. The summed E-state index contributed by atoms with van der Waals surface area (Å²) in [5.74, 6) is 6.40. The lowest BCUT2D eigenvalue weighted by molar-refractivity contribution is -0.121. The van der Waals surface area contributed by atoms with Gasteiger partial charge in [0.25, 0.3) is 0 Å². The second-order valence-electron chi connectivity index (χ2n) is 5.89. The van der Waals surface area contributed by atoms with Crippen molar-refractivity contribution in [2.75, 3.05) is 5.84 Å². The highest BCUT2D eigenvalue weighted by Crippen LogP contribution is 2.24. The van der Waals surface area contributed by atoms with Crippen molar-refractivity contribution in [1.29, 1.82) is 0 Å². The van der Waals surface area contributed by atoms with Crippen LogP contribution >= 0.6 is 11.8 Å². The number of carbonyl (C=O) groups is 1. The van der Waals surface area contributed by atoms with E-state index in [4.69, 9.17) is 5.84 Å². The van der Waals surface area contributed by atoms with Crippen LogP contribution in [0.3, 0.4) is 0 Å². The second kappa shape index (κ2) is 6.35. The van der Waals surface area contributed by atoms with Crippen molar-refractivity contribution in [1.82, 2.24) is 25.2 Å². The minimum atomic E-state index is -0.331. The lowest BCUT2D eigenvalue weighted by Gasteiger charge is -2.22. The van der Waals surface area contributed by atoms with Crippen LogP contribution in [0.5, 0.6) is 0 Å². The van der Waals surface area contributed by atoms with Crippen LogP contribution in [0.25, 0.3) is 11.5 Å². The van der Waals surface area contributed by atoms with E-state index >= 15 is 0 Å². The average Bonchev–Trinajstić information content (AvgIpc) is 2.79. The molecule has 8 heteroatoms. The van der Waals surface area contributed by atoms with Gasteiger partial charge in [-0.15, -0.1) is 10.2 Å². The lowest BCUT2D eigenvalue weighted by Crippen LogP contribution is -2.44. The van der Waals surface area contributed by atoms with Gasteiger partial charge in [0.2, 0.25) is 16.9 Å². The normalized spacial score (nSPS) is 12.9. The highest BCUT2D eigenvalue weighted by molar-refractivity contribution is 8.00. The van der Waals surface area contributed by atoms with Crippen LogP contribution in [-0.2, 0) is 4.79 Å². The number of aromatic nitrogens is 4. The van der Waals surface area contributed by atoms with Gasteiger partial charge in [-0.05, 0) is 39.8 Å². The largest absolute Gasteiger partial charge is 0.351 e. The van der Waals surface area contributed by atoms with E-state index in [1.165, 1.54) is 16.4 Å². The number of nitrogen functional groups attached to an aromatic ring is 1. The Balaban J connectivity index is 2.12. The zero-order chi connectivity index (χ0) is 16.3. The molecule has 0 bridgehead atoms. The second-order valence-corrected chi connectivity index (χ2v) is 7.20. The summed E-state index contributed by atoms with van der Waals surface area (Å²) >= 11 is 1.26. The molecule has 0 saturated heterocycles. The van der Waals surface area contributed by atoms with Crippen LogP contribution in [0.1, 0.15) is 27.7 Å². The summed E-state index contributed by atoms with van der Waals surface area (Å²) in [4.78, 5) is 16.3. The molecule has 1 amide bonds. The molecule has 2 aromatic rings. The average molecular weight is 320 g/mol. The summed E-state index contributed by atoms with van der Waals surface area (Å²) in [5.41, 5.74) is 0.359. The fraction of sp³-hybridized carbons (Fsp3) is 0.429. The van der Waals surface area contributed by atoms with Crippen molar-refractivity contribution in [2.24, 2.45) is 0 Å². The molecule has 0 aliphatic rings. The minimum Gasteiger partial charge on any atom is -0.351 e. The molecule has 7 nitrogen and oxygen atoms in total. The van der Waals surface area contributed by atoms with E-state index in [0.717, 1.165) is 0 Å². The van der Waals surface area contributed by atoms with E-state index in [0.29, 0.717) is 16.7 Å². The van der Waals surface area contributed by atoms with Gasteiger partial charge >= 0.3 is 0 Å². The highest BCUT2D eigenvalue weighted by atomic mass is 32.2. The summed E-state index contributed by atoms with van der Waals surface area (Å²) in [7, 11) is 0. The number of hydrogen-bond donors (Lipinski definition) is 2. The van der Waals surface area contributed by atoms with Gasteiger partial charge in [-0.1, -0.05) is 17.8 Å². The maximum absolute atomic E-state index is 12.1. The molecule has 0 saturated carbocycles. The molecule has 0 radical (unpaired) electrons. The summed E-state index contributed by atoms with van der Waals surface area (Å²) in [5, 5.41) is 11.2.